The molecule has 0 N–H and O–H groups in total. The van der Waals surface area contributed by atoms with Crippen LogP contribution in [0.2, 0.25) is 5.15 Å². The summed E-state index contributed by atoms with van der Waals surface area (Å²) in [5.74, 6) is 1.31. The first-order valence-electron chi connectivity index (χ1n) is 5.93. The lowest BCUT2D eigenvalue weighted by molar-refractivity contribution is 0.541. The molecular weight excluding hydrogens is 220 g/mol. The number of hydrogen-bond acceptors (Lipinski definition) is 2. The molecule has 0 bridgehead atoms. The van der Waals surface area contributed by atoms with Crippen LogP contribution in [-0.4, -0.2) is 9.97 Å². The van der Waals surface area contributed by atoms with Crippen LogP contribution in [0.25, 0.3) is 0 Å². The number of hydrogen-bond donors (Lipinski definition) is 0. The van der Waals surface area contributed by atoms with E-state index in [9.17, 15) is 0 Å². The standard InChI is InChI=1S/C13H21ClN2/c1-6-9(7-2)12-15-10(13(3,4)5)8-11(14)16-12/h8-9H,6-7H2,1-5H3. The van der Waals surface area contributed by atoms with E-state index in [1.807, 2.05) is 6.07 Å². The summed E-state index contributed by atoms with van der Waals surface area (Å²) in [7, 11) is 0. The predicted molar refractivity (Wildman–Crippen MR) is 69.1 cm³/mol. The average molecular weight is 241 g/mol. The third kappa shape index (κ3) is 3.18. The Morgan fingerprint density at radius 2 is 1.75 bits per heavy atom. The van der Waals surface area contributed by atoms with Crippen molar-refractivity contribution >= 4 is 11.6 Å². The average Bonchev–Trinajstić information content (AvgIpc) is 2.17. The highest BCUT2D eigenvalue weighted by Crippen LogP contribution is 2.26. The molecule has 0 aliphatic carbocycles. The van der Waals surface area contributed by atoms with Crippen molar-refractivity contribution in [3.05, 3.63) is 22.7 Å². The highest BCUT2D eigenvalue weighted by Gasteiger charge is 2.19. The summed E-state index contributed by atoms with van der Waals surface area (Å²) >= 11 is 6.06. The van der Waals surface area contributed by atoms with E-state index in [-0.39, 0.29) is 5.41 Å². The van der Waals surface area contributed by atoms with Gasteiger partial charge in [-0.2, -0.15) is 0 Å². The van der Waals surface area contributed by atoms with E-state index in [0.29, 0.717) is 11.1 Å². The van der Waals surface area contributed by atoms with E-state index in [4.69, 9.17) is 11.6 Å². The Kier molecular flexibility index (Phi) is 4.31. The number of rotatable bonds is 3. The molecule has 0 spiro atoms. The Labute approximate surface area is 103 Å². The molecule has 0 amide bonds. The molecule has 1 aromatic heterocycles. The molecule has 1 aromatic rings. The molecule has 0 radical (unpaired) electrons. The fraction of sp³-hybridized carbons (Fsp3) is 0.692. The molecule has 0 unspecified atom stereocenters. The first kappa shape index (κ1) is 13.4. The largest absolute Gasteiger partial charge is 0.237 e. The van der Waals surface area contributed by atoms with Crippen molar-refractivity contribution in [3.8, 4) is 0 Å². The zero-order chi connectivity index (χ0) is 12.3. The molecule has 2 nitrogen and oxygen atoms in total. The minimum absolute atomic E-state index is 0.0212. The number of nitrogens with zero attached hydrogens (tertiary/aromatic N) is 2. The molecule has 0 saturated carbocycles. The maximum atomic E-state index is 6.06. The van der Waals surface area contributed by atoms with Gasteiger partial charge in [-0.1, -0.05) is 46.2 Å². The van der Waals surface area contributed by atoms with E-state index in [1.165, 1.54) is 0 Å². The van der Waals surface area contributed by atoms with Crippen LogP contribution in [0.15, 0.2) is 6.07 Å². The van der Waals surface area contributed by atoms with Crippen molar-refractivity contribution < 1.29 is 0 Å². The molecule has 90 valence electrons. The van der Waals surface area contributed by atoms with Crippen molar-refractivity contribution in [2.75, 3.05) is 0 Å². The van der Waals surface area contributed by atoms with Gasteiger partial charge < -0.3 is 0 Å². The minimum Gasteiger partial charge on any atom is -0.237 e. The second kappa shape index (κ2) is 5.13. The van der Waals surface area contributed by atoms with E-state index in [2.05, 4.69) is 44.6 Å². The molecular formula is C13H21ClN2. The molecule has 16 heavy (non-hydrogen) atoms. The molecule has 0 atom stereocenters. The van der Waals surface area contributed by atoms with E-state index < -0.39 is 0 Å². The van der Waals surface area contributed by atoms with Crippen LogP contribution in [0.1, 0.15) is 64.9 Å². The Morgan fingerprint density at radius 3 is 2.19 bits per heavy atom. The summed E-state index contributed by atoms with van der Waals surface area (Å²) in [5.41, 5.74) is 1.04. The Morgan fingerprint density at radius 1 is 1.19 bits per heavy atom. The van der Waals surface area contributed by atoms with Gasteiger partial charge in [0.05, 0.1) is 5.69 Å². The lowest BCUT2D eigenvalue weighted by atomic mass is 9.91. The van der Waals surface area contributed by atoms with Crippen molar-refractivity contribution in [1.29, 1.82) is 0 Å². The zero-order valence-corrected chi connectivity index (χ0v) is 11.6. The summed E-state index contributed by atoms with van der Waals surface area (Å²) in [6.45, 7) is 10.7. The summed E-state index contributed by atoms with van der Waals surface area (Å²) in [5, 5.41) is 0.557. The van der Waals surface area contributed by atoms with Gasteiger partial charge in [0, 0.05) is 11.3 Å². The van der Waals surface area contributed by atoms with Crippen LogP contribution in [-0.2, 0) is 5.41 Å². The van der Waals surface area contributed by atoms with Gasteiger partial charge >= 0.3 is 0 Å². The third-order valence-electron chi connectivity index (χ3n) is 2.83. The van der Waals surface area contributed by atoms with Crippen molar-refractivity contribution in [2.45, 2.75) is 58.8 Å². The van der Waals surface area contributed by atoms with E-state index >= 15 is 0 Å². The van der Waals surface area contributed by atoms with Crippen LogP contribution in [0.3, 0.4) is 0 Å². The van der Waals surface area contributed by atoms with Gasteiger partial charge in [-0.3, -0.25) is 0 Å². The maximum absolute atomic E-state index is 6.06. The van der Waals surface area contributed by atoms with Crippen LogP contribution in [0, 0.1) is 0 Å². The first-order chi connectivity index (χ1) is 7.38. The van der Waals surface area contributed by atoms with Crippen LogP contribution in [0.4, 0.5) is 0 Å². The topological polar surface area (TPSA) is 25.8 Å². The Hall–Kier alpha value is -0.630. The van der Waals surface area contributed by atoms with Gasteiger partial charge in [0.2, 0.25) is 0 Å². The molecule has 0 aromatic carbocycles. The van der Waals surface area contributed by atoms with Crippen LogP contribution >= 0.6 is 11.6 Å². The van der Waals surface area contributed by atoms with Gasteiger partial charge in [-0.05, 0) is 18.9 Å². The van der Waals surface area contributed by atoms with Crippen LogP contribution in [0.5, 0.6) is 0 Å². The number of halogens is 1. The fourth-order valence-electron chi connectivity index (χ4n) is 1.66. The smallest absolute Gasteiger partial charge is 0.133 e. The highest BCUT2D eigenvalue weighted by molar-refractivity contribution is 6.29. The third-order valence-corrected chi connectivity index (χ3v) is 3.02. The fourth-order valence-corrected chi connectivity index (χ4v) is 1.85. The van der Waals surface area contributed by atoms with E-state index in [1.54, 1.807) is 0 Å². The van der Waals surface area contributed by atoms with Gasteiger partial charge in [-0.25, -0.2) is 9.97 Å². The van der Waals surface area contributed by atoms with Gasteiger partial charge in [0.25, 0.3) is 0 Å². The van der Waals surface area contributed by atoms with Crippen molar-refractivity contribution in [3.63, 3.8) is 0 Å². The molecule has 0 fully saturated rings. The lowest BCUT2D eigenvalue weighted by Gasteiger charge is -2.20. The maximum Gasteiger partial charge on any atom is 0.133 e. The summed E-state index contributed by atoms with van der Waals surface area (Å²) in [4.78, 5) is 8.99. The van der Waals surface area contributed by atoms with Crippen molar-refractivity contribution in [1.82, 2.24) is 9.97 Å². The van der Waals surface area contributed by atoms with Crippen LogP contribution < -0.4 is 0 Å². The SMILES string of the molecule is CCC(CC)c1nc(Cl)cc(C(C)(C)C)n1. The molecule has 0 saturated heterocycles. The Balaban J connectivity index is 3.17. The second-order valence-corrected chi connectivity index (χ2v) is 5.58. The highest BCUT2D eigenvalue weighted by atomic mass is 35.5. The van der Waals surface area contributed by atoms with Gasteiger partial charge in [0.15, 0.2) is 0 Å². The summed E-state index contributed by atoms with van der Waals surface area (Å²) in [6, 6.07) is 1.87. The molecule has 0 aliphatic rings. The molecule has 1 rings (SSSR count). The molecule has 1 heterocycles. The zero-order valence-electron chi connectivity index (χ0n) is 10.8. The lowest BCUT2D eigenvalue weighted by Crippen LogP contribution is -2.16. The summed E-state index contributed by atoms with van der Waals surface area (Å²) in [6.07, 6.45) is 2.11. The quantitative estimate of drug-likeness (QED) is 0.735. The first-order valence-corrected chi connectivity index (χ1v) is 6.31. The number of aromatic nitrogens is 2. The van der Waals surface area contributed by atoms with Gasteiger partial charge in [-0.15, -0.1) is 0 Å². The second-order valence-electron chi connectivity index (χ2n) is 5.20. The predicted octanol–water partition coefficient (Wildman–Crippen LogP) is 4.33. The minimum atomic E-state index is 0.0212. The molecule has 0 aliphatic heterocycles. The normalized spacial score (nSPS) is 12.2. The molecule has 3 heteroatoms. The Bertz CT molecular complexity index is 351. The van der Waals surface area contributed by atoms with Gasteiger partial charge in [0.1, 0.15) is 11.0 Å². The van der Waals surface area contributed by atoms with Crippen molar-refractivity contribution in [2.24, 2.45) is 0 Å². The summed E-state index contributed by atoms with van der Waals surface area (Å²) < 4.78 is 0. The van der Waals surface area contributed by atoms with E-state index in [0.717, 1.165) is 24.4 Å². The monoisotopic (exact) mass is 240 g/mol.